The van der Waals surface area contributed by atoms with E-state index in [9.17, 15) is 28.8 Å². The summed E-state index contributed by atoms with van der Waals surface area (Å²) >= 11 is 4.53. The Kier molecular flexibility index (Phi) is 14.3. The minimum absolute atomic E-state index is 0.0459. The molecule has 1 saturated heterocycles. The predicted molar refractivity (Wildman–Crippen MR) is 198 cm³/mol. The van der Waals surface area contributed by atoms with Gasteiger partial charge in [0.15, 0.2) is 0 Å². The molecule has 2 aromatic rings. The van der Waals surface area contributed by atoms with E-state index >= 15 is 0 Å². The van der Waals surface area contributed by atoms with Crippen LogP contribution in [0.25, 0.3) is 21.3 Å². The summed E-state index contributed by atoms with van der Waals surface area (Å²) in [5.41, 5.74) is 15.9. The molecule has 0 aliphatic carbocycles. The zero-order chi connectivity index (χ0) is 39.0. The number of carbonyl (C=O) groups is 6. The monoisotopic (exact) mass is 741 g/mol. The number of carbonyl (C=O) groups excluding carboxylic acids is 6. The minimum atomic E-state index is -1.41. The van der Waals surface area contributed by atoms with Crippen LogP contribution in [-0.2, 0) is 39.9 Å². The lowest BCUT2D eigenvalue weighted by Gasteiger charge is -2.34. The lowest BCUT2D eigenvalue weighted by atomic mass is 9.98. The molecule has 0 bridgehead atoms. The Bertz CT molecular complexity index is 1690. The Morgan fingerprint density at radius 2 is 1.71 bits per heavy atom. The number of nitrogens with zero attached hydrogens (tertiary/aromatic N) is 4. The van der Waals surface area contributed by atoms with Crippen molar-refractivity contribution in [3.8, 4) is 0 Å². The van der Waals surface area contributed by atoms with E-state index < -0.39 is 82.5 Å². The van der Waals surface area contributed by atoms with Gasteiger partial charge in [0.2, 0.25) is 29.5 Å². The first kappa shape index (κ1) is 41.8. The summed E-state index contributed by atoms with van der Waals surface area (Å²) in [6, 6.07) is 1.57. The molecule has 0 unspecified atom stereocenters. The maximum absolute atomic E-state index is 14.1. The van der Waals surface area contributed by atoms with Gasteiger partial charge in [-0.2, -0.15) is 12.6 Å². The second kappa shape index (κ2) is 17.8. The van der Waals surface area contributed by atoms with Crippen molar-refractivity contribution in [2.24, 2.45) is 16.8 Å². The number of aromatic amines is 1. The van der Waals surface area contributed by atoms with E-state index in [1.807, 2.05) is 38.1 Å². The molecule has 1 aliphatic rings. The van der Waals surface area contributed by atoms with Crippen LogP contribution in [0.5, 0.6) is 0 Å². The number of benzene rings is 1. The fourth-order valence-corrected chi connectivity index (χ4v) is 6.21. The van der Waals surface area contributed by atoms with E-state index in [1.165, 1.54) is 4.90 Å². The Balaban J connectivity index is 1.82. The van der Waals surface area contributed by atoms with Crippen LogP contribution in [0.3, 0.4) is 0 Å². The van der Waals surface area contributed by atoms with E-state index in [2.05, 4.69) is 43.6 Å². The number of para-hydroxylation sites is 1. The third-order valence-electron chi connectivity index (χ3n) is 8.42. The number of amides is 5. The number of azide groups is 1. The van der Waals surface area contributed by atoms with Crippen LogP contribution in [0, 0.1) is 5.92 Å². The highest BCUT2D eigenvalue weighted by atomic mass is 32.1. The zero-order valence-electron chi connectivity index (χ0n) is 30.8. The third kappa shape index (κ3) is 11.7. The highest BCUT2D eigenvalue weighted by molar-refractivity contribution is 7.81. The average molecular weight is 742 g/mol. The number of nitrogens with two attached hydrogens (primary N) is 1. The minimum Gasteiger partial charge on any atom is -0.460 e. The van der Waals surface area contributed by atoms with Gasteiger partial charge in [0.25, 0.3) is 0 Å². The van der Waals surface area contributed by atoms with Crippen molar-refractivity contribution in [1.82, 2.24) is 25.8 Å². The van der Waals surface area contributed by atoms with Gasteiger partial charge in [-0.3, -0.25) is 28.8 Å². The van der Waals surface area contributed by atoms with Crippen molar-refractivity contribution in [2.75, 3.05) is 6.54 Å². The molecule has 16 nitrogen and oxygen atoms in total. The van der Waals surface area contributed by atoms with E-state index in [0.29, 0.717) is 6.42 Å². The number of thiol groups is 1. The van der Waals surface area contributed by atoms with Crippen molar-refractivity contribution in [3.05, 3.63) is 46.5 Å². The summed E-state index contributed by atoms with van der Waals surface area (Å²) in [5.74, 6) is -4.44. The molecule has 1 aromatic carbocycles. The second-order valence-electron chi connectivity index (χ2n) is 15.0. The number of likely N-dealkylation sites (tertiary alicyclic amines) is 1. The molecule has 6 N–H and O–H groups in total. The largest absolute Gasteiger partial charge is 0.460 e. The number of aromatic nitrogens is 1. The van der Waals surface area contributed by atoms with E-state index in [1.54, 1.807) is 40.8 Å². The van der Waals surface area contributed by atoms with Crippen molar-refractivity contribution < 1.29 is 33.5 Å². The van der Waals surface area contributed by atoms with Gasteiger partial charge in [-0.15, -0.1) is 0 Å². The van der Waals surface area contributed by atoms with Gasteiger partial charge in [0, 0.05) is 33.3 Å². The number of nitrogens with one attached hydrogen (secondary N) is 4. The molecule has 284 valence electrons. The third-order valence-corrected chi connectivity index (χ3v) is 8.67. The van der Waals surface area contributed by atoms with Crippen LogP contribution in [0.1, 0.15) is 79.7 Å². The maximum Gasteiger partial charge on any atom is 0.308 e. The summed E-state index contributed by atoms with van der Waals surface area (Å²) < 4.78 is 4.31. The molecule has 52 heavy (non-hydrogen) atoms. The zero-order valence-corrected chi connectivity index (χ0v) is 31.7. The van der Waals surface area contributed by atoms with Crippen molar-refractivity contribution in [2.45, 2.75) is 121 Å². The standard InChI is InChI=1S/C35H51N9O7S/c1-19(2)15-24(30(47)42-43-37)39-32(49)28(35(6,7)52)41-31(48)26-13-10-14-44(26)33(50)25(17-27(45)51-34(3,4)5)40-29(46)22(36)16-20-18-38-23-12-9-8-11-21(20)23/h8-9,11-12,18-19,22,24-26,28,38,52H,10,13-17,36H2,1-7H3,(H,39,49)(H,40,46)(H,41,48)/t22-,24+,25-,26+,28+/m1/s1. The van der Waals surface area contributed by atoms with Crippen LogP contribution in [0.4, 0.5) is 0 Å². The van der Waals surface area contributed by atoms with Crippen molar-refractivity contribution in [3.63, 3.8) is 0 Å². The molecule has 1 fully saturated rings. The first-order valence-electron chi connectivity index (χ1n) is 17.3. The van der Waals surface area contributed by atoms with Gasteiger partial charge >= 0.3 is 5.97 Å². The number of hydrogen-bond donors (Lipinski definition) is 6. The smallest absolute Gasteiger partial charge is 0.308 e. The van der Waals surface area contributed by atoms with E-state index in [-0.39, 0.29) is 31.7 Å². The molecule has 1 aromatic heterocycles. The molecule has 0 radical (unpaired) electrons. The van der Waals surface area contributed by atoms with Crippen LogP contribution in [0.15, 0.2) is 35.6 Å². The van der Waals surface area contributed by atoms with Gasteiger partial charge < -0.3 is 36.3 Å². The first-order chi connectivity index (χ1) is 24.2. The fourth-order valence-electron chi connectivity index (χ4n) is 6.03. The van der Waals surface area contributed by atoms with Crippen LogP contribution in [-0.4, -0.2) is 92.5 Å². The number of H-pyrrole nitrogens is 1. The topological polar surface area (TPSA) is 242 Å². The summed E-state index contributed by atoms with van der Waals surface area (Å²) in [6.07, 6.45) is 2.23. The second-order valence-corrected chi connectivity index (χ2v) is 16.2. The number of rotatable bonds is 15. The SMILES string of the molecule is CC(C)C[C@H](NC(=O)[C@H](NC(=O)[C@@H]1CCCN1C(=O)[C@@H](CC(=O)OC(C)(C)C)NC(=O)[C@H](N)Cc1c[nH]c2ccccc12)C(C)(C)S)C(=O)N=[N+]=[N-]. The summed E-state index contributed by atoms with van der Waals surface area (Å²) in [7, 11) is 0. The van der Waals surface area contributed by atoms with Crippen molar-refractivity contribution in [1.29, 1.82) is 0 Å². The molecule has 0 spiro atoms. The maximum atomic E-state index is 14.1. The molecule has 5 atom stereocenters. The van der Waals surface area contributed by atoms with Gasteiger partial charge in [0.1, 0.15) is 23.7 Å². The fraction of sp³-hybridized carbons (Fsp3) is 0.600. The van der Waals surface area contributed by atoms with Gasteiger partial charge in [-0.1, -0.05) is 32.0 Å². The lowest BCUT2D eigenvalue weighted by molar-refractivity contribution is -0.157. The predicted octanol–water partition coefficient (Wildman–Crippen LogP) is 2.81. The van der Waals surface area contributed by atoms with Crippen molar-refractivity contribution >= 4 is 59.0 Å². The highest BCUT2D eigenvalue weighted by Crippen LogP contribution is 2.24. The highest BCUT2D eigenvalue weighted by Gasteiger charge is 2.42. The normalized spacial score (nSPS) is 17.0. The molecular weight excluding hydrogens is 691 g/mol. The Labute approximate surface area is 308 Å². The van der Waals surface area contributed by atoms with Crippen LogP contribution in [0.2, 0.25) is 0 Å². The summed E-state index contributed by atoms with van der Waals surface area (Å²) in [4.78, 5) is 87.2. The van der Waals surface area contributed by atoms with Gasteiger partial charge in [-0.05, 0) is 88.5 Å². The van der Waals surface area contributed by atoms with Gasteiger partial charge in [-0.25, -0.2) is 0 Å². The Morgan fingerprint density at radius 1 is 1.06 bits per heavy atom. The lowest BCUT2D eigenvalue weighted by Crippen LogP contribution is -2.61. The molecule has 0 saturated carbocycles. The molecule has 3 rings (SSSR count). The Hall–Kier alpha value is -4.60. The molecule has 17 heteroatoms. The molecule has 1 aliphatic heterocycles. The summed E-state index contributed by atoms with van der Waals surface area (Å²) in [6.45, 7) is 12.0. The molecule has 5 amide bonds. The Morgan fingerprint density at radius 3 is 2.33 bits per heavy atom. The molecular formula is C35H51N9O7S. The number of ether oxygens (including phenoxy) is 1. The quantitative estimate of drug-likeness (QED) is 0.0520. The van der Waals surface area contributed by atoms with E-state index in [0.717, 1.165) is 16.5 Å². The number of fused-ring (bicyclic) bond motifs is 1. The molecule has 2 heterocycles. The summed E-state index contributed by atoms with van der Waals surface area (Å²) in [5, 5.41) is 11.9. The van der Waals surface area contributed by atoms with E-state index in [4.69, 9.17) is 16.0 Å². The first-order valence-corrected chi connectivity index (χ1v) is 17.7. The number of hydrogen-bond acceptors (Lipinski definition) is 9. The number of esters is 1. The van der Waals surface area contributed by atoms with Crippen LogP contribution < -0.4 is 21.7 Å². The van der Waals surface area contributed by atoms with Crippen LogP contribution >= 0.6 is 12.6 Å². The average Bonchev–Trinajstić information content (AvgIpc) is 3.69. The van der Waals surface area contributed by atoms with Gasteiger partial charge in [0.05, 0.1) is 18.5 Å².